The molecule has 1 amide bonds. The monoisotopic (exact) mass is 827 g/mol. The summed E-state index contributed by atoms with van der Waals surface area (Å²) in [6.07, 6.45) is 3.81. The third-order valence-electron chi connectivity index (χ3n) is 10.8. The first-order valence-electron chi connectivity index (χ1n) is 19.2. The minimum Gasteiger partial charge on any atom is -0.422 e. The van der Waals surface area contributed by atoms with Gasteiger partial charge in [-0.05, 0) is 111 Å². The molecule has 0 unspecified atom stereocenters. The zero-order chi connectivity index (χ0) is 40.0. The van der Waals surface area contributed by atoms with Crippen molar-refractivity contribution in [3.63, 3.8) is 0 Å². The number of fused-ring (bicyclic) bond motifs is 2. The molecule has 4 aromatic heterocycles. The van der Waals surface area contributed by atoms with Gasteiger partial charge in [0.25, 0.3) is 5.70 Å². The number of carbonyl (C=O) groups is 1. The molecule has 7 rings (SSSR count). The van der Waals surface area contributed by atoms with Crippen molar-refractivity contribution >= 4 is 71.5 Å². The molecule has 294 valence electrons. The minimum absolute atomic E-state index is 0.0219. The number of anilines is 1. The zero-order valence-corrected chi connectivity index (χ0v) is 36.8. The lowest BCUT2D eigenvalue weighted by atomic mass is 9.69. The molecule has 0 radical (unpaired) electrons. The molecule has 2 aliphatic rings. The van der Waals surface area contributed by atoms with Gasteiger partial charge < -0.3 is 27.9 Å². The van der Waals surface area contributed by atoms with E-state index in [2.05, 4.69) is 80.0 Å². The molecular weight excluding hydrogens is 779 g/mol. The summed E-state index contributed by atoms with van der Waals surface area (Å²) in [6.45, 7) is 27.8. The Hall–Kier alpha value is -3.87. The highest BCUT2D eigenvalue weighted by molar-refractivity contribution is 7.27. The van der Waals surface area contributed by atoms with Crippen LogP contribution in [0, 0.1) is 13.5 Å². The van der Waals surface area contributed by atoms with Crippen molar-refractivity contribution in [1.82, 2.24) is 5.32 Å². The van der Waals surface area contributed by atoms with Gasteiger partial charge in [0.15, 0.2) is 0 Å². The number of aryl methyl sites for hydroxylation is 1. The van der Waals surface area contributed by atoms with Gasteiger partial charge in [-0.2, -0.15) is 0 Å². The first kappa shape index (κ1) is 40.3. The van der Waals surface area contributed by atoms with Crippen molar-refractivity contribution < 1.29 is 22.5 Å². The zero-order valence-electron chi connectivity index (χ0n) is 33.3. The van der Waals surface area contributed by atoms with Crippen LogP contribution >= 0.6 is 34.0 Å². The van der Waals surface area contributed by atoms with Crippen molar-refractivity contribution in [2.45, 2.75) is 79.1 Å². The van der Waals surface area contributed by atoms with Crippen molar-refractivity contribution in [3.8, 4) is 29.9 Å². The van der Waals surface area contributed by atoms with Gasteiger partial charge in [-0.1, -0.05) is 27.7 Å². The van der Waals surface area contributed by atoms with Crippen LogP contribution in [0.25, 0.3) is 51.8 Å². The van der Waals surface area contributed by atoms with E-state index in [1.165, 1.54) is 28.2 Å². The van der Waals surface area contributed by atoms with Crippen LogP contribution in [0.1, 0.15) is 82.9 Å². The van der Waals surface area contributed by atoms with E-state index >= 15 is 0 Å². The molecule has 0 atom stereocenters. The Morgan fingerprint density at radius 3 is 2.23 bits per heavy atom. The second-order valence-corrected chi connectivity index (χ2v) is 21.4. The Bertz CT molecular complexity index is 2410. The van der Waals surface area contributed by atoms with Crippen LogP contribution < -0.4 is 15.8 Å². The largest absolute Gasteiger partial charge is 0.521 e. The lowest BCUT2D eigenvalue weighted by Crippen LogP contribution is -2.55. The lowest BCUT2D eigenvalue weighted by Gasteiger charge is -2.48. The van der Waals surface area contributed by atoms with Gasteiger partial charge in [-0.25, -0.2) is 9.64 Å². The molecule has 0 spiro atoms. The lowest BCUT2D eigenvalue weighted by molar-refractivity contribution is -0.117. The second-order valence-electron chi connectivity index (χ2n) is 15.6. The summed E-state index contributed by atoms with van der Waals surface area (Å²) in [5.74, 6) is -0.498. The standard InChI is InChI=1S/C43H49N3O6S3Si/c1-10-49-56(50-11-2,51-12-3)25-45-40(47)31(44-9)24-28-13-14-32(53-28)33-15-16-34(54-33)39-26(4)21-35(55-39)29-22-27-23-30-37-36(38(27)52-41(29)48)43(7,8)18-20-46(37)19-17-42(30,5)6/h13-16,21-24H,10-12,17-20,25H2,1-8H3,(H,45,47)/b31-24-. The number of carbonyl (C=O) groups excluding carboxylic acids is 1. The molecule has 6 heterocycles. The number of hydrogen-bond donors (Lipinski definition) is 1. The average molecular weight is 828 g/mol. The van der Waals surface area contributed by atoms with Gasteiger partial charge >= 0.3 is 14.4 Å². The van der Waals surface area contributed by atoms with Crippen LogP contribution in [0.5, 0.6) is 0 Å². The highest BCUT2D eigenvalue weighted by atomic mass is 32.1. The average Bonchev–Trinajstić information content (AvgIpc) is 3.92. The van der Waals surface area contributed by atoms with Gasteiger partial charge in [-0.15, -0.1) is 34.0 Å². The SMILES string of the molecule is [C-]#[N+]/C(=C\c1ccc(-c2ccc(-c3sc(-c4cc5cc6c7c(c5oc4=O)C(C)(C)CCN7CCC6(C)C)cc3C)s2)s1)C(=O)NC[Si](OCC)(OCC)OCC. The minimum atomic E-state index is -3.11. The van der Waals surface area contributed by atoms with Crippen LogP contribution in [-0.4, -0.2) is 53.8 Å². The summed E-state index contributed by atoms with van der Waals surface area (Å²) >= 11 is 4.82. The molecule has 0 fully saturated rings. The molecule has 2 aliphatic heterocycles. The van der Waals surface area contributed by atoms with Crippen LogP contribution in [0.4, 0.5) is 5.69 Å². The fraction of sp³-hybridized carbons (Fsp3) is 0.419. The summed E-state index contributed by atoms with van der Waals surface area (Å²) in [4.78, 5) is 39.0. The molecule has 56 heavy (non-hydrogen) atoms. The summed E-state index contributed by atoms with van der Waals surface area (Å²) in [5.41, 5.74) is 5.82. The Labute approximate surface area is 342 Å². The second kappa shape index (κ2) is 15.8. The van der Waals surface area contributed by atoms with Crippen molar-refractivity contribution in [2.75, 3.05) is 44.0 Å². The Kier molecular flexibility index (Phi) is 11.4. The van der Waals surface area contributed by atoms with Crippen LogP contribution in [0.3, 0.4) is 0 Å². The first-order chi connectivity index (χ1) is 26.7. The maximum absolute atomic E-state index is 13.8. The Morgan fingerprint density at radius 1 is 0.911 bits per heavy atom. The number of thiophene rings is 3. The maximum Gasteiger partial charge on any atom is 0.521 e. The smallest absolute Gasteiger partial charge is 0.422 e. The van der Waals surface area contributed by atoms with Crippen molar-refractivity contribution in [3.05, 3.63) is 91.6 Å². The predicted octanol–water partition coefficient (Wildman–Crippen LogP) is 10.4. The van der Waals surface area contributed by atoms with E-state index in [0.29, 0.717) is 25.4 Å². The topological polar surface area (TPSA) is 94.6 Å². The first-order valence-corrected chi connectivity index (χ1v) is 23.6. The molecule has 0 aliphatic carbocycles. The van der Waals surface area contributed by atoms with E-state index in [1.807, 2.05) is 32.9 Å². The van der Waals surface area contributed by atoms with E-state index in [-0.39, 0.29) is 28.3 Å². The quantitative estimate of drug-likeness (QED) is 0.0547. The predicted molar refractivity (Wildman–Crippen MR) is 233 cm³/mol. The summed E-state index contributed by atoms with van der Waals surface area (Å²) < 4.78 is 23.8. The van der Waals surface area contributed by atoms with E-state index in [0.717, 1.165) is 71.7 Å². The molecule has 1 aromatic carbocycles. The Morgan fingerprint density at radius 2 is 1.55 bits per heavy atom. The molecular formula is C43H49N3O6S3Si. The van der Waals surface area contributed by atoms with Crippen LogP contribution in [0.2, 0.25) is 0 Å². The number of amides is 1. The van der Waals surface area contributed by atoms with E-state index in [4.69, 9.17) is 24.3 Å². The number of nitrogens with one attached hydrogen (secondary N) is 1. The third-order valence-corrected chi connectivity index (χ3v) is 17.4. The number of benzene rings is 1. The van der Waals surface area contributed by atoms with Crippen molar-refractivity contribution in [2.24, 2.45) is 0 Å². The summed E-state index contributed by atoms with van der Waals surface area (Å²) in [5, 5.41) is 3.80. The van der Waals surface area contributed by atoms with E-state index < -0.39 is 14.7 Å². The van der Waals surface area contributed by atoms with Crippen LogP contribution in [-0.2, 0) is 28.9 Å². The van der Waals surface area contributed by atoms with Crippen molar-refractivity contribution in [1.29, 1.82) is 0 Å². The van der Waals surface area contributed by atoms with Gasteiger partial charge in [0.2, 0.25) is 5.91 Å². The fourth-order valence-electron chi connectivity index (χ4n) is 7.84. The molecule has 0 saturated heterocycles. The van der Waals surface area contributed by atoms with E-state index in [9.17, 15) is 9.59 Å². The fourth-order valence-corrected chi connectivity index (χ4v) is 13.5. The molecule has 5 aromatic rings. The van der Waals surface area contributed by atoms with Gasteiger partial charge in [0.1, 0.15) is 5.58 Å². The highest BCUT2D eigenvalue weighted by Crippen LogP contribution is 2.52. The summed E-state index contributed by atoms with van der Waals surface area (Å²) in [6, 6.07) is 14.6. The number of nitrogens with zero attached hydrogens (tertiary/aromatic N) is 2. The number of hydrogen-bond acceptors (Lipinski definition) is 10. The highest BCUT2D eigenvalue weighted by Gasteiger charge is 2.43. The summed E-state index contributed by atoms with van der Waals surface area (Å²) in [7, 11) is -3.11. The normalized spacial score (nSPS) is 16.2. The molecule has 13 heteroatoms. The van der Waals surface area contributed by atoms with Gasteiger partial charge in [-0.3, -0.25) is 4.79 Å². The van der Waals surface area contributed by atoms with Gasteiger partial charge in [0, 0.05) is 78.8 Å². The van der Waals surface area contributed by atoms with Crippen LogP contribution in [0.15, 0.2) is 57.4 Å². The molecule has 0 bridgehead atoms. The Balaban J connectivity index is 1.14. The molecule has 0 saturated carbocycles. The van der Waals surface area contributed by atoms with Gasteiger partial charge in [0.05, 0.1) is 18.3 Å². The molecule has 9 nitrogen and oxygen atoms in total. The third kappa shape index (κ3) is 7.60. The number of rotatable bonds is 13. The van der Waals surface area contributed by atoms with E-state index in [1.54, 1.807) is 28.7 Å². The maximum atomic E-state index is 13.8. The molecule has 1 N–H and O–H groups in total.